The lowest BCUT2D eigenvalue weighted by atomic mass is 10.2. The van der Waals surface area contributed by atoms with Gasteiger partial charge in [0, 0.05) is 12.8 Å². The van der Waals surface area contributed by atoms with E-state index in [2.05, 4.69) is 9.82 Å². The highest BCUT2D eigenvalue weighted by molar-refractivity contribution is 7.94. The third-order valence-corrected chi connectivity index (χ3v) is 4.77. The van der Waals surface area contributed by atoms with Gasteiger partial charge in [0.1, 0.15) is 0 Å². The third-order valence-electron chi connectivity index (χ3n) is 3.12. The fraction of sp³-hybridized carbons (Fsp3) is 0.636. The van der Waals surface area contributed by atoms with Crippen molar-refractivity contribution >= 4 is 21.7 Å². The van der Waals surface area contributed by atoms with E-state index in [1.165, 1.54) is 12.4 Å². The van der Waals surface area contributed by atoms with Gasteiger partial charge in [0.15, 0.2) is 5.25 Å². The Kier molecular flexibility index (Phi) is 4.29. The average Bonchev–Trinajstić information content (AvgIpc) is 3.00. The van der Waals surface area contributed by atoms with E-state index in [-0.39, 0.29) is 11.8 Å². The molecule has 1 aromatic rings. The quantitative estimate of drug-likeness (QED) is 0.781. The van der Waals surface area contributed by atoms with E-state index in [4.69, 9.17) is 9.84 Å². The molecule has 1 aromatic heterocycles. The van der Waals surface area contributed by atoms with Gasteiger partial charge >= 0.3 is 5.97 Å². The van der Waals surface area contributed by atoms with Gasteiger partial charge in [-0.1, -0.05) is 0 Å². The minimum Gasteiger partial charge on any atom is -0.480 e. The van der Waals surface area contributed by atoms with E-state index < -0.39 is 21.2 Å². The van der Waals surface area contributed by atoms with Gasteiger partial charge in [-0.25, -0.2) is 8.42 Å². The van der Waals surface area contributed by atoms with Crippen molar-refractivity contribution in [1.82, 2.24) is 9.78 Å². The summed E-state index contributed by atoms with van der Waals surface area (Å²) < 4.78 is 32.7. The summed E-state index contributed by atoms with van der Waals surface area (Å²) in [5, 5.41) is 11.2. The molecule has 9 heteroatoms. The second kappa shape index (κ2) is 5.80. The standard InChI is InChI=1S/C11H17N3O5S/c1-8(11(15)16)20(17,18)13-9-5-12-14(6-9)7-10-3-2-4-19-10/h5-6,8,10,13H,2-4,7H2,1H3,(H,15,16). The van der Waals surface area contributed by atoms with Gasteiger partial charge in [-0.15, -0.1) is 0 Å². The Labute approximate surface area is 116 Å². The predicted molar refractivity (Wildman–Crippen MR) is 70.8 cm³/mol. The number of rotatable bonds is 6. The number of aliphatic carboxylic acids is 1. The largest absolute Gasteiger partial charge is 0.480 e. The second-order valence-corrected chi connectivity index (χ2v) is 6.71. The molecular weight excluding hydrogens is 286 g/mol. The minimum absolute atomic E-state index is 0.0947. The van der Waals surface area contributed by atoms with Crippen molar-refractivity contribution in [3.8, 4) is 0 Å². The van der Waals surface area contributed by atoms with Gasteiger partial charge in [0.25, 0.3) is 0 Å². The van der Waals surface area contributed by atoms with Crippen LogP contribution in [0.1, 0.15) is 19.8 Å². The van der Waals surface area contributed by atoms with Crippen LogP contribution in [-0.2, 0) is 26.1 Å². The molecule has 2 unspecified atom stereocenters. The highest BCUT2D eigenvalue weighted by Gasteiger charge is 2.28. The minimum atomic E-state index is -3.96. The van der Waals surface area contributed by atoms with Crippen LogP contribution in [-0.4, -0.2) is 47.2 Å². The van der Waals surface area contributed by atoms with Crippen LogP contribution in [0.4, 0.5) is 5.69 Å². The molecule has 0 bridgehead atoms. The van der Waals surface area contributed by atoms with E-state index in [0.717, 1.165) is 26.4 Å². The zero-order valence-electron chi connectivity index (χ0n) is 11.0. The topological polar surface area (TPSA) is 111 Å². The van der Waals surface area contributed by atoms with Crippen LogP contribution in [0.3, 0.4) is 0 Å². The van der Waals surface area contributed by atoms with Crippen LogP contribution in [0.25, 0.3) is 0 Å². The number of nitrogens with one attached hydrogen (secondary N) is 1. The maximum Gasteiger partial charge on any atom is 0.323 e. The number of sulfonamides is 1. The number of nitrogens with zero attached hydrogens (tertiary/aromatic N) is 2. The summed E-state index contributed by atoms with van der Waals surface area (Å²) in [6.45, 7) is 2.40. The summed E-state index contributed by atoms with van der Waals surface area (Å²) in [6, 6.07) is 0. The molecule has 0 radical (unpaired) electrons. The molecule has 0 spiro atoms. The first-order chi connectivity index (χ1) is 9.38. The molecule has 0 aliphatic carbocycles. The van der Waals surface area contributed by atoms with Crippen molar-refractivity contribution in [2.75, 3.05) is 11.3 Å². The second-order valence-electron chi connectivity index (χ2n) is 4.71. The Hall–Kier alpha value is -1.61. The van der Waals surface area contributed by atoms with Crippen LogP contribution in [0.5, 0.6) is 0 Å². The van der Waals surface area contributed by atoms with Crippen LogP contribution in [0.15, 0.2) is 12.4 Å². The highest BCUT2D eigenvalue weighted by atomic mass is 32.2. The van der Waals surface area contributed by atoms with Crippen LogP contribution in [0, 0.1) is 0 Å². The van der Waals surface area contributed by atoms with E-state index in [0.29, 0.717) is 6.54 Å². The van der Waals surface area contributed by atoms with Crippen molar-refractivity contribution in [2.45, 2.75) is 37.7 Å². The Morgan fingerprint density at radius 1 is 1.70 bits per heavy atom. The Morgan fingerprint density at radius 2 is 2.45 bits per heavy atom. The first-order valence-electron chi connectivity index (χ1n) is 6.27. The number of ether oxygens (including phenoxy) is 1. The number of anilines is 1. The third kappa shape index (κ3) is 3.48. The molecule has 1 fully saturated rings. The zero-order chi connectivity index (χ0) is 14.8. The SMILES string of the molecule is CC(C(=O)O)S(=O)(=O)Nc1cnn(CC2CCCO2)c1. The van der Waals surface area contributed by atoms with Gasteiger partial charge in [-0.3, -0.25) is 14.2 Å². The maximum absolute atomic E-state index is 11.7. The smallest absolute Gasteiger partial charge is 0.323 e. The number of hydrogen-bond donors (Lipinski definition) is 2. The summed E-state index contributed by atoms with van der Waals surface area (Å²) in [5.74, 6) is -1.40. The van der Waals surface area contributed by atoms with Crippen LogP contribution < -0.4 is 4.72 Å². The molecule has 8 nitrogen and oxygen atoms in total. The monoisotopic (exact) mass is 303 g/mol. The predicted octanol–water partition coefficient (Wildman–Crippen LogP) is 0.277. The van der Waals surface area contributed by atoms with Gasteiger partial charge in [-0.2, -0.15) is 5.10 Å². The first-order valence-corrected chi connectivity index (χ1v) is 7.81. The lowest BCUT2D eigenvalue weighted by Gasteiger charge is -2.10. The number of aromatic nitrogens is 2. The number of carboxylic acid groups (broad SMARTS) is 1. The fourth-order valence-corrected chi connectivity index (χ4v) is 2.77. The van der Waals surface area contributed by atoms with Crippen molar-refractivity contribution in [3.63, 3.8) is 0 Å². The molecule has 1 aliphatic rings. The molecule has 112 valence electrons. The molecule has 0 aromatic carbocycles. The molecule has 2 N–H and O–H groups in total. The van der Waals surface area contributed by atoms with Gasteiger partial charge < -0.3 is 9.84 Å². The summed E-state index contributed by atoms with van der Waals surface area (Å²) in [6.07, 6.45) is 4.94. The van der Waals surface area contributed by atoms with E-state index in [1.54, 1.807) is 4.68 Å². The van der Waals surface area contributed by atoms with E-state index in [9.17, 15) is 13.2 Å². The summed E-state index contributed by atoms with van der Waals surface area (Å²) in [4.78, 5) is 10.7. The van der Waals surface area contributed by atoms with Gasteiger partial charge in [0.05, 0.1) is 24.5 Å². The molecule has 2 heterocycles. The molecule has 2 rings (SSSR count). The van der Waals surface area contributed by atoms with Crippen LogP contribution in [0.2, 0.25) is 0 Å². The molecule has 0 saturated carbocycles. The Bertz CT molecular complexity index is 577. The Morgan fingerprint density at radius 3 is 3.05 bits per heavy atom. The molecule has 20 heavy (non-hydrogen) atoms. The normalized spacial score (nSPS) is 20.8. The van der Waals surface area contributed by atoms with Gasteiger partial charge in [-0.05, 0) is 19.8 Å². The maximum atomic E-state index is 11.7. The fourth-order valence-electron chi connectivity index (χ4n) is 1.90. The van der Waals surface area contributed by atoms with Crippen molar-refractivity contribution in [1.29, 1.82) is 0 Å². The Balaban J connectivity index is 2.00. The van der Waals surface area contributed by atoms with Crippen molar-refractivity contribution in [2.24, 2.45) is 0 Å². The highest BCUT2D eigenvalue weighted by Crippen LogP contribution is 2.16. The van der Waals surface area contributed by atoms with E-state index >= 15 is 0 Å². The molecular formula is C11H17N3O5S. The summed E-state index contributed by atoms with van der Waals surface area (Å²) >= 11 is 0. The summed E-state index contributed by atoms with van der Waals surface area (Å²) in [7, 11) is -3.96. The van der Waals surface area contributed by atoms with Gasteiger partial charge in [0.2, 0.25) is 10.0 Å². The first kappa shape index (κ1) is 14.8. The number of carboxylic acids is 1. The number of hydrogen-bond acceptors (Lipinski definition) is 5. The lowest BCUT2D eigenvalue weighted by molar-refractivity contribution is -0.136. The van der Waals surface area contributed by atoms with Crippen molar-refractivity contribution < 1.29 is 23.1 Å². The zero-order valence-corrected chi connectivity index (χ0v) is 11.8. The molecule has 1 aliphatic heterocycles. The average molecular weight is 303 g/mol. The number of carbonyl (C=O) groups is 1. The van der Waals surface area contributed by atoms with E-state index in [1.807, 2.05) is 0 Å². The lowest BCUT2D eigenvalue weighted by Crippen LogP contribution is -2.31. The summed E-state index contributed by atoms with van der Waals surface area (Å²) in [5.41, 5.74) is 0.246. The molecule has 0 amide bonds. The molecule has 1 saturated heterocycles. The van der Waals surface area contributed by atoms with Crippen LogP contribution >= 0.6 is 0 Å². The van der Waals surface area contributed by atoms with Crippen molar-refractivity contribution in [3.05, 3.63) is 12.4 Å². The molecule has 2 atom stereocenters.